The maximum absolute atomic E-state index is 13.1. The van der Waals surface area contributed by atoms with E-state index in [0.717, 1.165) is 17.6 Å². The van der Waals surface area contributed by atoms with Crippen molar-refractivity contribution < 1.29 is 37.1 Å². The van der Waals surface area contributed by atoms with Crippen molar-refractivity contribution in [1.29, 1.82) is 0 Å². The summed E-state index contributed by atoms with van der Waals surface area (Å²) in [4.78, 5) is 67.8. The fourth-order valence-corrected chi connectivity index (χ4v) is 5.78. The third-order valence-corrected chi connectivity index (χ3v) is 7.73. The highest BCUT2D eigenvalue weighted by Gasteiger charge is 2.41. The first-order valence-corrected chi connectivity index (χ1v) is 13.6. The van der Waals surface area contributed by atoms with Crippen LogP contribution in [0.25, 0.3) is 0 Å². The molecule has 13 nitrogen and oxygen atoms in total. The highest BCUT2D eigenvalue weighted by atomic mass is 32.3. The van der Waals surface area contributed by atoms with Crippen molar-refractivity contribution in [1.82, 2.24) is 15.5 Å². The fraction of sp³-hybridized carbons (Fsp3) is 0.360. The van der Waals surface area contributed by atoms with Gasteiger partial charge < -0.3 is 23.7 Å². The lowest BCUT2D eigenvalue weighted by atomic mass is 10.1. The number of aliphatic imine (C=N–C) groups is 1. The van der Waals surface area contributed by atoms with Gasteiger partial charge in [-0.2, -0.15) is 0 Å². The largest absolute Gasteiger partial charge is 0.495 e. The molecule has 0 atom stereocenters. The maximum atomic E-state index is 13.1. The van der Waals surface area contributed by atoms with Gasteiger partial charge in [0.15, 0.2) is 0 Å². The summed E-state index contributed by atoms with van der Waals surface area (Å²) in [5, 5.41) is 8.53. The summed E-state index contributed by atoms with van der Waals surface area (Å²) in [5.41, 5.74) is 0.230. The van der Waals surface area contributed by atoms with Crippen LogP contribution in [0.5, 0.6) is 5.75 Å². The number of anilines is 1. The predicted molar refractivity (Wildman–Crippen MR) is 145 cm³/mol. The molecule has 0 unspecified atom stereocenters. The molecule has 1 aromatic carbocycles. The number of hydrogen-bond acceptors (Lipinski definition) is 10. The van der Waals surface area contributed by atoms with Gasteiger partial charge in [-0.15, -0.1) is 0 Å². The summed E-state index contributed by atoms with van der Waals surface area (Å²) in [6.07, 6.45) is 2.22. The van der Waals surface area contributed by atoms with Crippen LogP contribution < -0.4 is 20.7 Å². The van der Waals surface area contributed by atoms with Crippen molar-refractivity contribution >= 4 is 51.6 Å². The van der Waals surface area contributed by atoms with E-state index < -0.39 is 34.3 Å². The lowest BCUT2D eigenvalue weighted by molar-refractivity contribution is -0.129. The van der Waals surface area contributed by atoms with Gasteiger partial charge in [-0.05, 0) is 56.5 Å². The molecule has 0 fully saturated rings. The number of benzene rings is 1. The minimum atomic E-state index is -3.40. The van der Waals surface area contributed by atoms with E-state index in [1.54, 1.807) is 0 Å². The van der Waals surface area contributed by atoms with Gasteiger partial charge in [0.2, 0.25) is 11.6 Å². The molecule has 0 aromatic heterocycles. The van der Waals surface area contributed by atoms with Crippen LogP contribution in [0.4, 0.5) is 5.69 Å². The van der Waals surface area contributed by atoms with Crippen LogP contribution in [-0.2, 0) is 27.5 Å². The van der Waals surface area contributed by atoms with Crippen LogP contribution in [0, 0.1) is 0 Å². The van der Waals surface area contributed by atoms with Crippen molar-refractivity contribution in [3.63, 3.8) is 0 Å². The number of carbonyl (C=O) groups is 5. The number of ether oxygens (including phenoxy) is 1. The first-order chi connectivity index (χ1) is 18.5. The number of nitrogens with zero attached hydrogens (tertiary/aromatic N) is 2. The third kappa shape index (κ3) is 7.03. The molecule has 3 rings (SSSR count). The third-order valence-electron chi connectivity index (χ3n) is 5.64. The molecule has 0 aliphatic carbocycles. The SMILES string of the molecule is COc1cc(C(=O)NC2=NC(C(=O)NCCN(C(C)C)C(C)C)=CS23OC(=O)C=CC(=O)O3)ccc1NC=O. The Bertz CT molecular complexity index is 1230. The second-order valence-electron chi connectivity index (χ2n) is 8.92. The molecule has 2 aliphatic rings. The number of amidine groups is 1. The number of carbonyl (C=O) groups excluding carboxylic acids is 5. The summed E-state index contributed by atoms with van der Waals surface area (Å²) >= 11 is 0. The van der Waals surface area contributed by atoms with E-state index in [-0.39, 0.29) is 34.3 Å². The molecule has 2 aliphatic heterocycles. The molecular weight excluding hydrogens is 530 g/mol. The Kier molecular flexibility index (Phi) is 9.48. The van der Waals surface area contributed by atoms with E-state index in [9.17, 15) is 24.0 Å². The lowest BCUT2D eigenvalue weighted by Gasteiger charge is -2.34. The zero-order chi connectivity index (χ0) is 28.7. The molecule has 39 heavy (non-hydrogen) atoms. The molecule has 3 amide bonds. The topological polar surface area (TPSA) is 165 Å². The van der Waals surface area contributed by atoms with Gasteiger partial charge >= 0.3 is 11.9 Å². The van der Waals surface area contributed by atoms with Crippen LogP contribution in [0.1, 0.15) is 38.1 Å². The second-order valence-corrected chi connectivity index (χ2v) is 11.0. The highest BCUT2D eigenvalue weighted by Crippen LogP contribution is 2.58. The zero-order valence-corrected chi connectivity index (χ0v) is 23.0. The molecule has 1 aromatic rings. The number of methoxy groups -OCH3 is 1. The van der Waals surface area contributed by atoms with E-state index >= 15 is 0 Å². The van der Waals surface area contributed by atoms with Gasteiger partial charge in [0.1, 0.15) is 11.4 Å². The Hall–Kier alpha value is -4.17. The molecule has 3 N–H and O–H groups in total. The standard InChI is InChI=1S/C25H31N5O8S/c1-15(2)30(16(3)4)11-10-26-24(35)19-13-39(37-21(32)8-9-22(33)38-39)25(28-19)29-23(34)17-6-7-18(27-14-31)20(12-17)36-5/h6-9,12-16H,10-11H2,1-5H3,(H,26,35)(H,27,31)(H,28,29,34). The van der Waals surface area contributed by atoms with Crippen molar-refractivity contribution in [3.8, 4) is 5.75 Å². The van der Waals surface area contributed by atoms with Gasteiger partial charge in [-0.3, -0.25) is 24.6 Å². The van der Waals surface area contributed by atoms with Crippen molar-refractivity contribution in [2.45, 2.75) is 39.8 Å². The summed E-state index contributed by atoms with van der Waals surface area (Å²) in [6.45, 7) is 9.09. The van der Waals surface area contributed by atoms with Gasteiger partial charge in [-0.1, -0.05) is 0 Å². The second kappa shape index (κ2) is 12.6. The molecule has 210 valence electrons. The Morgan fingerprint density at radius 2 is 1.72 bits per heavy atom. The molecule has 0 radical (unpaired) electrons. The quantitative estimate of drug-likeness (QED) is 0.361. The average molecular weight is 562 g/mol. The molecule has 2 heterocycles. The van der Waals surface area contributed by atoms with E-state index in [2.05, 4.69) is 53.5 Å². The van der Waals surface area contributed by atoms with Gasteiger partial charge in [0, 0.05) is 42.9 Å². The molecule has 14 heteroatoms. The van der Waals surface area contributed by atoms with Crippen molar-refractivity contribution in [3.05, 3.63) is 47.0 Å². The highest BCUT2D eigenvalue weighted by molar-refractivity contribution is 8.41. The minimum absolute atomic E-state index is 0.0883. The number of rotatable bonds is 10. The zero-order valence-electron chi connectivity index (χ0n) is 22.2. The molecular formula is C25H31N5O8S. The van der Waals surface area contributed by atoms with E-state index in [1.165, 1.54) is 25.3 Å². The Morgan fingerprint density at radius 3 is 2.28 bits per heavy atom. The maximum Gasteiger partial charge on any atom is 0.354 e. The summed E-state index contributed by atoms with van der Waals surface area (Å²) in [6, 6.07) is 4.75. The van der Waals surface area contributed by atoms with Crippen LogP contribution in [0.3, 0.4) is 0 Å². The lowest BCUT2D eigenvalue weighted by Crippen LogP contribution is -2.42. The Morgan fingerprint density at radius 1 is 1.08 bits per heavy atom. The van der Waals surface area contributed by atoms with Gasteiger partial charge in [0.25, 0.3) is 11.8 Å². The smallest absolute Gasteiger partial charge is 0.354 e. The van der Waals surface area contributed by atoms with E-state index in [0.29, 0.717) is 25.2 Å². The minimum Gasteiger partial charge on any atom is -0.495 e. The monoisotopic (exact) mass is 561 g/mol. The predicted octanol–water partition coefficient (Wildman–Crippen LogP) is 1.73. The number of hydrogen-bond donors (Lipinski definition) is 3. The first-order valence-electron chi connectivity index (χ1n) is 12.0. The fourth-order valence-electron chi connectivity index (χ4n) is 3.87. The van der Waals surface area contributed by atoms with Crippen LogP contribution in [-0.4, -0.2) is 72.5 Å². The van der Waals surface area contributed by atoms with Crippen LogP contribution in [0.2, 0.25) is 0 Å². The van der Waals surface area contributed by atoms with E-state index in [1.807, 2.05) is 0 Å². The summed E-state index contributed by atoms with van der Waals surface area (Å²) < 4.78 is 16.0. The first kappa shape index (κ1) is 29.4. The van der Waals surface area contributed by atoms with Gasteiger partial charge in [-0.25, -0.2) is 14.6 Å². The van der Waals surface area contributed by atoms with Crippen LogP contribution >= 0.6 is 10.6 Å². The van der Waals surface area contributed by atoms with Crippen molar-refractivity contribution in [2.24, 2.45) is 4.99 Å². The number of nitrogens with one attached hydrogen (secondary N) is 3. The van der Waals surface area contributed by atoms with E-state index in [4.69, 9.17) is 13.1 Å². The molecule has 0 bridgehead atoms. The number of amides is 3. The summed E-state index contributed by atoms with van der Waals surface area (Å²) in [7, 11) is -2.04. The van der Waals surface area contributed by atoms with Crippen LogP contribution in [0.15, 0.2) is 46.4 Å². The van der Waals surface area contributed by atoms with Gasteiger partial charge in [0.05, 0.1) is 18.2 Å². The normalized spacial score (nSPS) is 16.7. The molecule has 0 saturated carbocycles. The Balaban J connectivity index is 1.86. The molecule has 0 saturated heterocycles. The Labute approximate surface area is 227 Å². The average Bonchev–Trinajstić information content (AvgIpc) is 3.13. The molecule has 1 spiro atoms. The summed E-state index contributed by atoms with van der Waals surface area (Å²) in [5.74, 6) is -2.94. The van der Waals surface area contributed by atoms with Crippen molar-refractivity contribution in [2.75, 3.05) is 25.5 Å².